The smallest absolute Gasteiger partial charge is 0.174 e. The summed E-state index contributed by atoms with van der Waals surface area (Å²) in [4.78, 5) is 0. The molecule has 1 saturated heterocycles. The van der Waals surface area contributed by atoms with Gasteiger partial charge in [-0.05, 0) is 42.1 Å². The van der Waals surface area contributed by atoms with Crippen molar-refractivity contribution in [1.82, 2.24) is 16.0 Å². The summed E-state index contributed by atoms with van der Waals surface area (Å²) < 4.78 is 0. The molecule has 0 aromatic heterocycles. The molecule has 1 aromatic carbocycles. The van der Waals surface area contributed by atoms with Gasteiger partial charge in [0, 0.05) is 0 Å². The zero-order chi connectivity index (χ0) is 11.5. The van der Waals surface area contributed by atoms with E-state index in [1.807, 2.05) is 12.1 Å². The number of benzene rings is 1. The van der Waals surface area contributed by atoms with Gasteiger partial charge in [0.05, 0.1) is 11.6 Å². The third-order valence-electron chi connectivity index (χ3n) is 2.15. The zero-order valence-electron chi connectivity index (χ0n) is 8.15. The van der Waals surface area contributed by atoms with Crippen LogP contribution in [0, 0.1) is 11.3 Å². The molecule has 0 bridgehead atoms. The first kappa shape index (κ1) is 10.8. The van der Waals surface area contributed by atoms with Crippen LogP contribution in [0.3, 0.4) is 0 Å². The molecule has 0 amide bonds. The molecule has 16 heavy (non-hydrogen) atoms. The second-order valence-electron chi connectivity index (χ2n) is 3.24. The van der Waals surface area contributed by atoms with E-state index in [0.717, 1.165) is 5.56 Å². The lowest BCUT2D eigenvalue weighted by Gasteiger charge is -2.29. The third kappa shape index (κ3) is 2.27. The van der Waals surface area contributed by atoms with E-state index in [0.29, 0.717) is 15.8 Å². The Morgan fingerprint density at radius 2 is 1.62 bits per heavy atom. The number of nitrogens with one attached hydrogen (secondary N) is 3. The van der Waals surface area contributed by atoms with Crippen molar-refractivity contribution in [2.75, 3.05) is 0 Å². The van der Waals surface area contributed by atoms with Crippen molar-refractivity contribution in [3.05, 3.63) is 35.4 Å². The molecule has 4 nitrogen and oxygen atoms in total. The predicted molar refractivity (Wildman–Crippen MR) is 68.5 cm³/mol. The molecule has 0 atom stereocenters. The van der Waals surface area contributed by atoms with Crippen LogP contribution in [0.1, 0.15) is 17.3 Å². The lowest BCUT2D eigenvalue weighted by Crippen LogP contribution is -2.56. The summed E-state index contributed by atoms with van der Waals surface area (Å²) in [7, 11) is 0. The lowest BCUT2D eigenvalue weighted by atomic mass is 10.1. The fraction of sp³-hybridized carbons (Fsp3) is 0.100. The molecule has 0 saturated carbocycles. The van der Waals surface area contributed by atoms with E-state index in [9.17, 15) is 0 Å². The summed E-state index contributed by atoms with van der Waals surface area (Å²) in [5.74, 6) is 0. The highest BCUT2D eigenvalue weighted by molar-refractivity contribution is 7.81. The molecule has 1 aromatic rings. The molecule has 0 aliphatic carbocycles. The molecule has 1 aliphatic heterocycles. The number of hydrogen-bond acceptors (Lipinski definition) is 3. The van der Waals surface area contributed by atoms with Crippen molar-refractivity contribution in [1.29, 1.82) is 5.26 Å². The van der Waals surface area contributed by atoms with Crippen molar-refractivity contribution in [3.8, 4) is 6.07 Å². The van der Waals surface area contributed by atoms with Gasteiger partial charge in [-0.3, -0.25) is 0 Å². The van der Waals surface area contributed by atoms with E-state index in [2.05, 4.69) is 22.0 Å². The molecule has 1 aliphatic rings. The molecule has 0 spiro atoms. The maximum atomic E-state index is 8.69. The Morgan fingerprint density at radius 3 is 2.12 bits per heavy atom. The van der Waals surface area contributed by atoms with Gasteiger partial charge < -0.3 is 16.0 Å². The molecule has 1 fully saturated rings. The Morgan fingerprint density at radius 1 is 1.06 bits per heavy atom. The average molecular weight is 248 g/mol. The van der Waals surface area contributed by atoms with Gasteiger partial charge in [0.25, 0.3) is 0 Å². The lowest BCUT2D eigenvalue weighted by molar-refractivity contribution is 0.585. The van der Waals surface area contributed by atoms with Gasteiger partial charge in [-0.25, -0.2) is 0 Å². The summed E-state index contributed by atoms with van der Waals surface area (Å²) in [6, 6.07) is 9.31. The average Bonchev–Trinajstić information content (AvgIpc) is 2.28. The van der Waals surface area contributed by atoms with E-state index in [1.165, 1.54) is 0 Å². The normalized spacial score (nSPS) is 15.7. The first-order chi connectivity index (χ1) is 7.69. The SMILES string of the molecule is N#Cc1ccc(C2NC(=S)NC(=S)N2)cc1. The Kier molecular flexibility index (Phi) is 2.99. The number of rotatable bonds is 1. The number of nitriles is 1. The Labute approximate surface area is 104 Å². The minimum absolute atomic E-state index is 0.144. The van der Waals surface area contributed by atoms with Crippen LogP contribution in [0.25, 0.3) is 0 Å². The van der Waals surface area contributed by atoms with Crippen LogP contribution in [-0.4, -0.2) is 10.2 Å². The molecule has 0 radical (unpaired) electrons. The van der Waals surface area contributed by atoms with Gasteiger partial charge in [-0.15, -0.1) is 0 Å². The number of thiocarbonyl (C=S) groups is 2. The topological polar surface area (TPSA) is 59.9 Å². The Balaban J connectivity index is 2.20. The second kappa shape index (κ2) is 4.43. The summed E-state index contributed by atoms with van der Waals surface area (Å²) in [5.41, 5.74) is 1.60. The Bertz CT molecular complexity index is 459. The van der Waals surface area contributed by atoms with Gasteiger partial charge in [0.15, 0.2) is 10.2 Å². The van der Waals surface area contributed by atoms with Crippen LogP contribution in [0.5, 0.6) is 0 Å². The van der Waals surface area contributed by atoms with E-state index >= 15 is 0 Å². The fourth-order valence-corrected chi connectivity index (χ4v) is 1.89. The van der Waals surface area contributed by atoms with Crippen molar-refractivity contribution in [2.45, 2.75) is 6.17 Å². The van der Waals surface area contributed by atoms with Crippen LogP contribution in [-0.2, 0) is 0 Å². The maximum Gasteiger partial charge on any atom is 0.174 e. The van der Waals surface area contributed by atoms with Crippen LogP contribution in [0.4, 0.5) is 0 Å². The zero-order valence-corrected chi connectivity index (χ0v) is 9.78. The van der Waals surface area contributed by atoms with Crippen LogP contribution >= 0.6 is 24.4 Å². The van der Waals surface area contributed by atoms with Gasteiger partial charge in [-0.2, -0.15) is 5.26 Å². The molecule has 6 heteroatoms. The van der Waals surface area contributed by atoms with Gasteiger partial charge in [0.1, 0.15) is 6.17 Å². The quantitative estimate of drug-likeness (QED) is 0.642. The van der Waals surface area contributed by atoms with Crippen molar-refractivity contribution in [2.24, 2.45) is 0 Å². The summed E-state index contributed by atoms with van der Waals surface area (Å²) in [6.07, 6.45) is -0.144. The summed E-state index contributed by atoms with van der Waals surface area (Å²) in [6.45, 7) is 0. The summed E-state index contributed by atoms with van der Waals surface area (Å²) in [5, 5.41) is 18.6. The van der Waals surface area contributed by atoms with E-state index in [1.54, 1.807) is 12.1 Å². The molecule has 1 heterocycles. The first-order valence-electron chi connectivity index (χ1n) is 4.57. The van der Waals surface area contributed by atoms with Crippen LogP contribution < -0.4 is 16.0 Å². The van der Waals surface area contributed by atoms with E-state index < -0.39 is 0 Å². The van der Waals surface area contributed by atoms with Crippen molar-refractivity contribution >= 4 is 34.7 Å². The molecule has 80 valence electrons. The highest BCUT2D eigenvalue weighted by Crippen LogP contribution is 2.12. The Hall–Kier alpha value is -1.71. The van der Waals surface area contributed by atoms with Crippen LogP contribution in [0.15, 0.2) is 24.3 Å². The second-order valence-corrected chi connectivity index (χ2v) is 4.06. The maximum absolute atomic E-state index is 8.69. The van der Waals surface area contributed by atoms with Crippen molar-refractivity contribution in [3.63, 3.8) is 0 Å². The standard InChI is InChI=1S/C10H8N4S2/c11-5-6-1-3-7(4-2-6)8-12-9(15)14-10(16)13-8/h1-4,8H,(H3,12,13,14,15,16). The van der Waals surface area contributed by atoms with Gasteiger partial charge in [-0.1, -0.05) is 12.1 Å². The fourth-order valence-electron chi connectivity index (χ4n) is 1.39. The monoisotopic (exact) mass is 248 g/mol. The number of hydrogen-bond donors (Lipinski definition) is 3. The highest BCUT2D eigenvalue weighted by atomic mass is 32.1. The largest absolute Gasteiger partial charge is 0.338 e. The van der Waals surface area contributed by atoms with E-state index in [4.69, 9.17) is 29.7 Å². The molecule has 3 N–H and O–H groups in total. The predicted octanol–water partition coefficient (Wildman–Crippen LogP) is 0.909. The minimum Gasteiger partial charge on any atom is -0.338 e. The van der Waals surface area contributed by atoms with Crippen LogP contribution in [0.2, 0.25) is 0 Å². The highest BCUT2D eigenvalue weighted by Gasteiger charge is 2.18. The molecular formula is C10H8N4S2. The third-order valence-corrected chi connectivity index (χ3v) is 2.59. The van der Waals surface area contributed by atoms with Gasteiger partial charge in [0.2, 0.25) is 0 Å². The van der Waals surface area contributed by atoms with E-state index in [-0.39, 0.29) is 6.17 Å². The summed E-state index contributed by atoms with van der Waals surface area (Å²) >= 11 is 10.0. The molecule has 2 rings (SSSR count). The van der Waals surface area contributed by atoms with Gasteiger partial charge >= 0.3 is 0 Å². The first-order valence-corrected chi connectivity index (χ1v) is 5.39. The number of nitrogens with zero attached hydrogens (tertiary/aromatic N) is 1. The van der Waals surface area contributed by atoms with Crippen molar-refractivity contribution < 1.29 is 0 Å². The molecular weight excluding hydrogens is 240 g/mol. The molecule has 0 unspecified atom stereocenters. The minimum atomic E-state index is -0.144.